The van der Waals surface area contributed by atoms with Crippen LogP contribution < -0.4 is 20.4 Å². The number of fused-ring (bicyclic) bond motifs is 2. The number of nitrogens with one attached hydrogen (secondary N) is 2. The molecule has 3 aromatic rings. The van der Waals surface area contributed by atoms with Gasteiger partial charge in [0.05, 0.1) is 35.5 Å². The Morgan fingerprint density at radius 2 is 1.70 bits per heavy atom. The SMILES string of the molecule is CN[C@@H](C)C(=O)N[C@@H]1C(=O)N(Cc2c(C3CC3)cnc3ccccc23)c2ccccc2N(C(=O)C2CCOCC2)[C@H]1C.Cl. The van der Waals surface area contributed by atoms with Crippen LogP contribution in [-0.2, 0) is 25.7 Å². The molecule has 0 bridgehead atoms. The number of carbonyl (C=O) groups excluding carboxylic acids is 3. The van der Waals surface area contributed by atoms with Gasteiger partial charge in [0.15, 0.2) is 0 Å². The number of nitrogens with zero attached hydrogens (tertiary/aromatic N) is 3. The second-order valence-corrected chi connectivity index (χ2v) is 11.7. The molecule has 1 aromatic heterocycles. The minimum Gasteiger partial charge on any atom is -0.381 e. The highest BCUT2D eigenvalue weighted by molar-refractivity contribution is 6.09. The van der Waals surface area contributed by atoms with Gasteiger partial charge in [0.1, 0.15) is 6.04 Å². The molecule has 1 saturated carbocycles. The summed E-state index contributed by atoms with van der Waals surface area (Å²) in [5.74, 6) is -0.362. The number of hydrogen-bond acceptors (Lipinski definition) is 6. The van der Waals surface area contributed by atoms with E-state index in [9.17, 15) is 14.4 Å². The summed E-state index contributed by atoms with van der Waals surface area (Å²) in [7, 11) is 1.71. The summed E-state index contributed by atoms with van der Waals surface area (Å²) < 4.78 is 5.54. The molecule has 2 N–H and O–H groups in total. The van der Waals surface area contributed by atoms with Gasteiger partial charge in [0.2, 0.25) is 11.8 Å². The van der Waals surface area contributed by atoms with Crippen molar-refractivity contribution >= 4 is 52.4 Å². The van der Waals surface area contributed by atoms with Gasteiger partial charge in [-0.1, -0.05) is 30.3 Å². The van der Waals surface area contributed by atoms with Crippen molar-refractivity contribution < 1.29 is 19.1 Å². The van der Waals surface area contributed by atoms with Gasteiger partial charge < -0.3 is 25.2 Å². The molecule has 1 aliphatic carbocycles. The third-order valence-electron chi connectivity index (χ3n) is 9.04. The molecule has 2 aromatic carbocycles. The molecule has 3 aliphatic rings. The van der Waals surface area contributed by atoms with Crippen LogP contribution in [0.1, 0.15) is 56.6 Å². The zero-order valence-corrected chi connectivity index (χ0v) is 25.7. The topological polar surface area (TPSA) is 104 Å². The Morgan fingerprint density at radius 1 is 1.02 bits per heavy atom. The number of carbonyl (C=O) groups is 3. The summed E-state index contributed by atoms with van der Waals surface area (Å²) in [6.07, 6.45) is 5.42. The third kappa shape index (κ3) is 5.98. The molecule has 1 saturated heterocycles. The minimum absolute atomic E-state index is 0. The lowest BCUT2D eigenvalue weighted by Crippen LogP contribution is -2.60. The third-order valence-corrected chi connectivity index (χ3v) is 9.04. The number of ether oxygens (including phenoxy) is 1. The van der Waals surface area contributed by atoms with Crippen molar-refractivity contribution in [3.05, 3.63) is 65.9 Å². The maximum atomic E-state index is 14.7. The van der Waals surface area contributed by atoms with Gasteiger partial charge in [-0.25, -0.2) is 0 Å². The number of pyridine rings is 1. The first-order valence-corrected chi connectivity index (χ1v) is 15.0. The summed E-state index contributed by atoms with van der Waals surface area (Å²) in [5, 5.41) is 6.99. The van der Waals surface area contributed by atoms with E-state index in [4.69, 9.17) is 9.72 Å². The van der Waals surface area contributed by atoms with E-state index in [2.05, 4.69) is 16.7 Å². The van der Waals surface area contributed by atoms with Crippen molar-refractivity contribution in [3.8, 4) is 0 Å². The van der Waals surface area contributed by atoms with Crippen molar-refractivity contribution in [1.82, 2.24) is 15.6 Å². The van der Waals surface area contributed by atoms with Crippen LogP contribution in [0.25, 0.3) is 10.9 Å². The summed E-state index contributed by atoms with van der Waals surface area (Å²) in [6.45, 7) is 4.99. The predicted molar refractivity (Wildman–Crippen MR) is 170 cm³/mol. The van der Waals surface area contributed by atoms with Gasteiger partial charge in [-0.3, -0.25) is 19.4 Å². The number of aromatic nitrogens is 1. The van der Waals surface area contributed by atoms with E-state index in [0.717, 1.165) is 34.9 Å². The van der Waals surface area contributed by atoms with E-state index in [-0.39, 0.29) is 36.0 Å². The number of likely N-dealkylation sites (N-methyl/N-ethyl adjacent to an activating group) is 1. The fraction of sp³-hybridized carbons (Fsp3) is 0.455. The van der Waals surface area contributed by atoms with Gasteiger partial charge in [-0.2, -0.15) is 0 Å². The Labute approximate surface area is 258 Å². The highest BCUT2D eigenvalue weighted by atomic mass is 35.5. The second-order valence-electron chi connectivity index (χ2n) is 11.7. The molecule has 228 valence electrons. The normalized spacial score (nSPS) is 21.5. The van der Waals surface area contributed by atoms with Crippen LogP contribution in [0.3, 0.4) is 0 Å². The van der Waals surface area contributed by atoms with Crippen LogP contribution >= 0.6 is 12.4 Å². The standard InChI is InChI=1S/C33H39N5O4.ClH/c1-20(34-3)31(39)36-30-21(2)38(32(40)23-14-16-42-17-15-23)29-11-7-6-10-28(29)37(33(30)41)19-26-24-8-4-5-9-27(24)35-18-25(26)22-12-13-22;/h4-11,18,20-23,30,34H,12-17,19H2,1-3H3,(H,36,39);1H/t20-,21-,30-;/m0./s1. The molecule has 2 aliphatic heterocycles. The maximum absolute atomic E-state index is 14.7. The molecule has 2 fully saturated rings. The second kappa shape index (κ2) is 13.0. The van der Waals surface area contributed by atoms with Crippen molar-refractivity contribution in [3.63, 3.8) is 0 Å². The molecule has 3 heterocycles. The Balaban J connectivity index is 0.00000368. The number of hydrogen-bond donors (Lipinski definition) is 2. The first-order valence-electron chi connectivity index (χ1n) is 15.0. The average Bonchev–Trinajstić information content (AvgIpc) is 3.88. The summed E-state index contributed by atoms with van der Waals surface area (Å²) in [6, 6.07) is 13.6. The Hall–Kier alpha value is -3.53. The molecule has 10 heteroatoms. The van der Waals surface area contributed by atoms with Gasteiger partial charge in [-0.15, -0.1) is 12.4 Å². The molecule has 6 rings (SSSR count). The predicted octanol–water partition coefficient (Wildman–Crippen LogP) is 4.32. The largest absolute Gasteiger partial charge is 0.381 e. The highest BCUT2D eigenvalue weighted by Gasteiger charge is 2.44. The number of amides is 3. The van der Waals surface area contributed by atoms with Crippen molar-refractivity contribution in [2.75, 3.05) is 30.1 Å². The molecule has 3 amide bonds. The zero-order chi connectivity index (χ0) is 29.4. The maximum Gasteiger partial charge on any atom is 0.252 e. The van der Waals surface area contributed by atoms with E-state index >= 15 is 0 Å². The lowest BCUT2D eigenvalue weighted by Gasteiger charge is -2.35. The van der Waals surface area contributed by atoms with Crippen LogP contribution in [0.5, 0.6) is 0 Å². The highest BCUT2D eigenvalue weighted by Crippen LogP contribution is 2.44. The number of rotatable bonds is 7. The summed E-state index contributed by atoms with van der Waals surface area (Å²) in [4.78, 5) is 50.3. The van der Waals surface area contributed by atoms with E-state index in [1.54, 1.807) is 23.8 Å². The van der Waals surface area contributed by atoms with Gasteiger partial charge in [-0.05, 0) is 81.8 Å². The van der Waals surface area contributed by atoms with Gasteiger partial charge in [0, 0.05) is 30.7 Å². The average molecular weight is 606 g/mol. The molecule has 9 nitrogen and oxygen atoms in total. The van der Waals surface area contributed by atoms with Crippen molar-refractivity contribution in [1.29, 1.82) is 0 Å². The Morgan fingerprint density at radius 3 is 2.40 bits per heavy atom. The van der Waals surface area contributed by atoms with E-state index in [0.29, 0.717) is 49.9 Å². The molecule has 0 spiro atoms. The zero-order valence-electron chi connectivity index (χ0n) is 24.9. The monoisotopic (exact) mass is 605 g/mol. The first kappa shape index (κ1) is 30.9. The van der Waals surface area contributed by atoms with Gasteiger partial charge >= 0.3 is 0 Å². The lowest BCUT2D eigenvalue weighted by atomic mass is 9.96. The molecular weight excluding hydrogens is 566 g/mol. The minimum atomic E-state index is -0.943. The van der Waals surface area contributed by atoms with Crippen LogP contribution in [0.2, 0.25) is 0 Å². The summed E-state index contributed by atoms with van der Waals surface area (Å²) in [5.41, 5.74) is 4.45. The van der Waals surface area contributed by atoms with Crippen molar-refractivity contribution in [2.24, 2.45) is 5.92 Å². The fourth-order valence-corrected chi connectivity index (χ4v) is 6.27. The molecular formula is C33H40ClN5O4. The smallest absolute Gasteiger partial charge is 0.252 e. The van der Waals surface area contributed by atoms with E-state index < -0.39 is 18.1 Å². The van der Waals surface area contributed by atoms with Crippen LogP contribution in [0, 0.1) is 5.92 Å². The Bertz CT molecular complexity index is 1510. The Kier molecular flexibility index (Phi) is 9.34. The van der Waals surface area contributed by atoms with Crippen LogP contribution in [0.4, 0.5) is 11.4 Å². The summed E-state index contributed by atoms with van der Waals surface area (Å²) >= 11 is 0. The molecule has 43 heavy (non-hydrogen) atoms. The number of para-hydroxylation sites is 3. The number of anilines is 2. The van der Waals surface area contributed by atoms with Crippen LogP contribution in [0.15, 0.2) is 54.7 Å². The molecule has 3 atom stereocenters. The molecule has 0 unspecified atom stereocenters. The quantitative estimate of drug-likeness (QED) is 0.416. The lowest BCUT2D eigenvalue weighted by molar-refractivity contribution is -0.130. The number of halogens is 1. The van der Waals surface area contributed by atoms with Crippen molar-refractivity contribution in [2.45, 2.75) is 70.1 Å². The van der Waals surface area contributed by atoms with E-state index in [1.165, 1.54) is 0 Å². The van der Waals surface area contributed by atoms with Gasteiger partial charge in [0.25, 0.3) is 5.91 Å². The number of benzene rings is 2. The van der Waals surface area contributed by atoms with E-state index in [1.807, 2.05) is 55.6 Å². The first-order chi connectivity index (χ1) is 20.4. The van der Waals surface area contributed by atoms with Crippen LogP contribution in [-0.4, -0.2) is 61.1 Å². The molecule has 0 radical (unpaired) electrons. The fourth-order valence-electron chi connectivity index (χ4n) is 6.27.